The topological polar surface area (TPSA) is 11.4 Å². The standard InChI is InChI=1S/C76H51N3S/c1-5-20-52(21-6-1)57-28-19-31-63(45-57)77(65-40-43-76-70(51-65)69-49-58(38-42-75(69)80-76)59-37-41-68-67-32-15-16-33-71(67)79(74(68)50-59)62-29-11-4-12-30-62)72-34-17-18-35-73(72)78(64-39-36-55-26-13-14-27-56(55)46-64)66-47-60(53-22-7-2-8-23-53)44-61(48-66)54-24-9-3-10-25-54/h1-51H. The molecule has 0 aliphatic carbocycles. The summed E-state index contributed by atoms with van der Waals surface area (Å²) in [5.41, 5.74) is 19.2. The minimum Gasteiger partial charge on any atom is -0.309 e. The number of anilines is 6. The van der Waals surface area contributed by atoms with E-state index in [1.54, 1.807) is 0 Å². The Bertz CT molecular complexity index is 4720. The number of hydrogen-bond donors (Lipinski definition) is 0. The van der Waals surface area contributed by atoms with Gasteiger partial charge in [-0.1, -0.05) is 200 Å². The molecule has 0 N–H and O–H groups in total. The summed E-state index contributed by atoms with van der Waals surface area (Å²) >= 11 is 1.85. The van der Waals surface area contributed by atoms with Crippen molar-refractivity contribution in [3.8, 4) is 50.2 Å². The maximum atomic E-state index is 2.47. The lowest BCUT2D eigenvalue weighted by Crippen LogP contribution is -2.17. The van der Waals surface area contributed by atoms with Gasteiger partial charge in [0.1, 0.15) is 0 Å². The van der Waals surface area contributed by atoms with Crippen LogP contribution in [0.3, 0.4) is 0 Å². The van der Waals surface area contributed by atoms with E-state index in [1.807, 2.05) is 11.3 Å². The van der Waals surface area contributed by atoms with Crippen molar-refractivity contribution < 1.29 is 0 Å². The summed E-state index contributed by atoms with van der Waals surface area (Å²) in [7, 11) is 0. The van der Waals surface area contributed by atoms with Gasteiger partial charge in [0.2, 0.25) is 0 Å². The zero-order valence-electron chi connectivity index (χ0n) is 43.7. The Kier molecular flexibility index (Phi) is 11.7. The molecule has 0 saturated heterocycles. The zero-order valence-corrected chi connectivity index (χ0v) is 44.5. The van der Waals surface area contributed by atoms with E-state index in [2.05, 4.69) is 324 Å². The van der Waals surface area contributed by atoms with Gasteiger partial charge in [-0.3, -0.25) is 0 Å². The molecule has 2 aromatic heterocycles. The number of benzene rings is 13. The highest BCUT2D eigenvalue weighted by Crippen LogP contribution is 2.50. The van der Waals surface area contributed by atoms with E-state index in [0.29, 0.717) is 0 Å². The molecule has 376 valence electrons. The van der Waals surface area contributed by atoms with Gasteiger partial charge in [-0.25, -0.2) is 0 Å². The van der Waals surface area contributed by atoms with Gasteiger partial charge >= 0.3 is 0 Å². The summed E-state index contributed by atoms with van der Waals surface area (Å²) in [5.74, 6) is 0. The lowest BCUT2D eigenvalue weighted by Gasteiger charge is -2.34. The number of rotatable bonds is 11. The van der Waals surface area contributed by atoms with E-state index in [4.69, 9.17) is 0 Å². The highest BCUT2D eigenvalue weighted by Gasteiger charge is 2.25. The smallest absolute Gasteiger partial charge is 0.0702 e. The first kappa shape index (κ1) is 47.0. The minimum absolute atomic E-state index is 1.04. The molecular formula is C76H51N3S. The van der Waals surface area contributed by atoms with Gasteiger partial charge in [0.05, 0.1) is 22.4 Å². The average molecular weight is 1040 g/mol. The fourth-order valence-corrected chi connectivity index (χ4v) is 13.0. The van der Waals surface area contributed by atoms with Crippen molar-refractivity contribution in [1.29, 1.82) is 0 Å². The molecule has 2 heterocycles. The fraction of sp³-hybridized carbons (Fsp3) is 0. The number of hydrogen-bond acceptors (Lipinski definition) is 3. The normalized spacial score (nSPS) is 11.5. The molecule has 4 heteroatoms. The predicted molar refractivity (Wildman–Crippen MR) is 342 cm³/mol. The van der Waals surface area contributed by atoms with E-state index in [0.717, 1.165) is 67.6 Å². The molecule has 0 aliphatic rings. The Balaban J connectivity index is 0.939. The third kappa shape index (κ3) is 8.47. The second kappa shape index (κ2) is 20.0. The van der Waals surface area contributed by atoms with Gasteiger partial charge in [0.25, 0.3) is 0 Å². The lowest BCUT2D eigenvalue weighted by atomic mass is 9.97. The van der Waals surface area contributed by atoms with Crippen molar-refractivity contribution in [2.24, 2.45) is 0 Å². The molecule has 0 saturated carbocycles. The third-order valence-electron chi connectivity index (χ3n) is 15.7. The van der Waals surface area contributed by atoms with Gasteiger partial charge < -0.3 is 14.4 Å². The summed E-state index contributed by atoms with van der Waals surface area (Å²) < 4.78 is 4.91. The SMILES string of the molecule is c1ccc(-c2cccc(N(c3ccc4sc5ccc(-c6ccc7c8ccccc8n(-c8ccccc8)c7c6)cc5c4c3)c3ccccc3N(c3cc(-c4ccccc4)cc(-c4ccccc4)c3)c3ccc4ccccc4c3)c2)cc1. The molecule has 0 bridgehead atoms. The van der Waals surface area contributed by atoms with E-state index in [9.17, 15) is 0 Å². The first-order chi connectivity index (χ1) is 39.6. The summed E-state index contributed by atoms with van der Waals surface area (Å²) in [4.78, 5) is 4.94. The molecule has 0 fully saturated rings. The van der Waals surface area contributed by atoms with Crippen LogP contribution in [-0.2, 0) is 0 Å². The largest absolute Gasteiger partial charge is 0.309 e. The molecule has 0 amide bonds. The first-order valence-corrected chi connectivity index (χ1v) is 28.1. The fourth-order valence-electron chi connectivity index (χ4n) is 11.9. The van der Waals surface area contributed by atoms with E-state index >= 15 is 0 Å². The van der Waals surface area contributed by atoms with E-state index in [1.165, 1.54) is 69.4 Å². The monoisotopic (exact) mass is 1040 g/mol. The average Bonchev–Trinajstić information content (AvgIpc) is 4.11. The molecule has 0 spiro atoms. The van der Waals surface area contributed by atoms with Crippen LogP contribution in [0.4, 0.5) is 34.1 Å². The summed E-state index contributed by atoms with van der Waals surface area (Å²) in [5, 5.41) is 7.33. The van der Waals surface area contributed by atoms with Crippen LogP contribution in [-0.4, -0.2) is 4.57 Å². The second-order valence-corrected chi connectivity index (χ2v) is 21.6. The lowest BCUT2D eigenvalue weighted by molar-refractivity contribution is 1.18. The van der Waals surface area contributed by atoms with Crippen molar-refractivity contribution in [2.45, 2.75) is 0 Å². The van der Waals surface area contributed by atoms with Crippen LogP contribution in [0, 0.1) is 0 Å². The molecular weight excluding hydrogens is 987 g/mol. The first-order valence-electron chi connectivity index (χ1n) is 27.3. The highest BCUT2D eigenvalue weighted by atomic mass is 32.1. The van der Waals surface area contributed by atoms with E-state index < -0.39 is 0 Å². The Morgan fingerprint density at radius 1 is 0.237 bits per heavy atom. The predicted octanol–water partition coefficient (Wildman–Crippen LogP) is 21.9. The van der Waals surface area contributed by atoms with Crippen LogP contribution >= 0.6 is 11.3 Å². The van der Waals surface area contributed by atoms with Crippen LogP contribution in [0.25, 0.3) is 103 Å². The second-order valence-electron chi connectivity index (χ2n) is 20.5. The van der Waals surface area contributed by atoms with Gasteiger partial charge in [-0.15, -0.1) is 11.3 Å². The maximum Gasteiger partial charge on any atom is 0.0702 e. The number of fused-ring (bicyclic) bond motifs is 7. The molecule has 15 aromatic rings. The van der Waals surface area contributed by atoms with Gasteiger partial charge in [0, 0.05) is 59.4 Å². The third-order valence-corrected chi connectivity index (χ3v) is 16.8. The number of aromatic nitrogens is 1. The summed E-state index contributed by atoms with van der Waals surface area (Å²) in [6, 6.07) is 113. The summed E-state index contributed by atoms with van der Waals surface area (Å²) in [6.45, 7) is 0. The quantitative estimate of drug-likeness (QED) is 0.128. The minimum atomic E-state index is 1.04. The maximum absolute atomic E-state index is 2.47. The number of para-hydroxylation sites is 4. The van der Waals surface area contributed by atoms with Crippen LogP contribution in [0.5, 0.6) is 0 Å². The van der Waals surface area contributed by atoms with Crippen LogP contribution in [0.1, 0.15) is 0 Å². The van der Waals surface area contributed by atoms with Crippen LogP contribution in [0.2, 0.25) is 0 Å². The Labute approximate surface area is 469 Å². The Morgan fingerprint density at radius 2 is 0.713 bits per heavy atom. The zero-order chi connectivity index (χ0) is 52.9. The van der Waals surface area contributed by atoms with Crippen LogP contribution < -0.4 is 9.80 Å². The molecule has 15 rings (SSSR count). The van der Waals surface area contributed by atoms with E-state index in [-0.39, 0.29) is 0 Å². The molecule has 0 aliphatic heterocycles. The van der Waals surface area contributed by atoms with Gasteiger partial charge in [0.15, 0.2) is 0 Å². The molecule has 0 radical (unpaired) electrons. The molecule has 13 aromatic carbocycles. The number of nitrogens with zero attached hydrogens (tertiary/aromatic N) is 3. The molecule has 0 atom stereocenters. The van der Waals surface area contributed by atoms with Crippen molar-refractivity contribution in [2.75, 3.05) is 9.80 Å². The van der Waals surface area contributed by atoms with Crippen molar-refractivity contribution in [1.82, 2.24) is 4.57 Å². The van der Waals surface area contributed by atoms with Gasteiger partial charge in [-0.2, -0.15) is 0 Å². The summed E-state index contributed by atoms with van der Waals surface area (Å²) in [6.07, 6.45) is 0. The molecule has 3 nitrogen and oxygen atoms in total. The Hall–Kier alpha value is -10.3. The van der Waals surface area contributed by atoms with Crippen molar-refractivity contribution in [3.63, 3.8) is 0 Å². The molecule has 0 unspecified atom stereocenters. The highest BCUT2D eigenvalue weighted by molar-refractivity contribution is 7.25. The van der Waals surface area contributed by atoms with Crippen molar-refractivity contribution >= 4 is 98.2 Å². The van der Waals surface area contributed by atoms with Gasteiger partial charge in [-0.05, 0) is 164 Å². The Morgan fingerprint density at radius 3 is 1.43 bits per heavy atom. The van der Waals surface area contributed by atoms with Crippen molar-refractivity contribution in [3.05, 3.63) is 309 Å². The number of thiophene rings is 1. The van der Waals surface area contributed by atoms with Crippen LogP contribution in [0.15, 0.2) is 309 Å². The molecule has 80 heavy (non-hydrogen) atoms.